The molecule has 0 aromatic heterocycles. The Morgan fingerprint density at radius 2 is 2.00 bits per heavy atom. The molecule has 0 heterocycles. The summed E-state index contributed by atoms with van der Waals surface area (Å²) in [4.78, 5) is 15.3. The van der Waals surface area contributed by atoms with Gasteiger partial charge in [0.05, 0.1) is 6.61 Å². The van der Waals surface area contributed by atoms with E-state index in [1.807, 2.05) is 24.3 Å². The van der Waals surface area contributed by atoms with E-state index < -0.39 is 0 Å². The summed E-state index contributed by atoms with van der Waals surface area (Å²) in [6.07, 6.45) is 1.08. The van der Waals surface area contributed by atoms with Crippen LogP contribution in [0.4, 0.5) is 5.69 Å². The monoisotopic (exact) mass is 462 g/mol. The van der Waals surface area contributed by atoms with Gasteiger partial charge in [-0.25, -0.2) is 0 Å². The van der Waals surface area contributed by atoms with Crippen LogP contribution in [0.3, 0.4) is 0 Å². The molecule has 7 heteroatoms. The summed E-state index contributed by atoms with van der Waals surface area (Å²) >= 11 is 0. The maximum absolute atomic E-state index is 11.1. The molecule has 6 nitrogen and oxygen atoms in total. The summed E-state index contributed by atoms with van der Waals surface area (Å²) in [5, 5.41) is 9.24. The van der Waals surface area contributed by atoms with E-state index in [-0.39, 0.29) is 29.9 Å². The minimum atomic E-state index is -0.0740. The van der Waals surface area contributed by atoms with Gasteiger partial charge < -0.3 is 20.7 Å². The van der Waals surface area contributed by atoms with E-state index in [0.717, 1.165) is 30.2 Å². The van der Waals surface area contributed by atoms with Crippen molar-refractivity contribution in [2.24, 2.45) is 10.9 Å². The molecule has 0 spiro atoms. The first-order valence-electron chi connectivity index (χ1n) is 8.40. The number of amides is 1. The summed E-state index contributed by atoms with van der Waals surface area (Å²) in [6, 6.07) is 7.73. The lowest BCUT2D eigenvalue weighted by Crippen LogP contribution is -2.38. The van der Waals surface area contributed by atoms with E-state index in [9.17, 15) is 4.79 Å². The normalized spacial score (nSPS) is 11.0. The Balaban J connectivity index is 0.00000576. The highest BCUT2D eigenvalue weighted by Crippen LogP contribution is 2.10. The Hall–Kier alpha value is -1.35. The highest BCUT2D eigenvalue weighted by atomic mass is 127. The van der Waals surface area contributed by atoms with E-state index in [4.69, 9.17) is 4.74 Å². The molecule has 0 aliphatic carbocycles. The van der Waals surface area contributed by atoms with Crippen molar-refractivity contribution in [2.75, 3.05) is 32.1 Å². The van der Waals surface area contributed by atoms with Crippen molar-refractivity contribution in [1.82, 2.24) is 10.6 Å². The number of carbonyl (C=O) groups excluding carboxylic acids is 1. The number of guanidine groups is 1. The third-order valence-electron chi connectivity index (χ3n) is 3.31. The van der Waals surface area contributed by atoms with Gasteiger partial charge in [-0.15, -0.1) is 24.0 Å². The van der Waals surface area contributed by atoms with E-state index in [1.54, 1.807) is 7.05 Å². The standard InChI is InChI=1S/C18H30N4O2.HI/c1-14(2)8-10-24-11-9-20-18(19-4)21-13-16-6-5-7-17(12-16)22-15(3)23;/h5-7,12,14H,8-11,13H2,1-4H3,(H,22,23)(H2,19,20,21);1H. The molecule has 3 N–H and O–H groups in total. The van der Waals surface area contributed by atoms with E-state index in [0.29, 0.717) is 25.6 Å². The molecule has 1 aromatic rings. The van der Waals surface area contributed by atoms with Crippen LogP contribution in [-0.4, -0.2) is 38.7 Å². The zero-order chi connectivity index (χ0) is 17.8. The van der Waals surface area contributed by atoms with Crippen LogP contribution in [0.2, 0.25) is 0 Å². The SMILES string of the molecule is CN=C(NCCOCCC(C)C)NCc1cccc(NC(C)=O)c1.I. The summed E-state index contributed by atoms with van der Waals surface area (Å²) in [5.41, 5.74) is 1.86. The van der Waals surface area contributed by atoms with Crippen molar-refractivity contribution in [2.45, 2.75) is 33.7 Å². The Bertz CT molecular complexity index is 536. The van der Waals surface area contributed by atoms with Gasteiger partial charge in [0, 0.05) is 39.4 Å². The third kappa shape index (κ3) is 11.8. The molecule has 1 amide bonds. The van der Waals surface area contributed by atoms with Crippen molar-refractivity contribution < 1.29 is 9.53 Å². The van der Waals surface area contributed by atoms with Crippen LogP contribution in [0.25, 0.3) is 0 Å². The molecule has 0 radical (unpaired) electrons. The average Bonchev–Trinajstić information content (AvgIpc) is 2.53. The van der Waals surface area contributed by atoms with Gasteiger partial charge in [-0.05, 0) is 30.0 Å². The lowest BCUT2D eigenvalue weighted by atomic mass is 10.1. The van der Waals surface area contributed by atoms with Crippen LogP contribution in [-0.2, 0) is 16.1 Å². The predicted molar refractivity (Wildman–Crippen MR) is 115 cm³/mol. The fourth-order valence-corrected chi connectivity index (χ4v) is 2.03. The Kier molecular flexibility index (Phi) is 13.1. The highest BCUT2D eigenvalue weighted by Gasteiger charge is 2.01. The molecule has 142 valence electrons. The molecule has 0 aliphatic rings. The van der Waals surface area contributed by atoms with E-state index in [2.05, 4.69) is 34.8 Å². The number of rotatable bonds is 9. The smallest absolute Gasteiger partial charge is 0.221 e. The molecule has 0 aliphatic heterocycles. The number of aliphatic imine (C=N–C) groups is 1. The maximum Gasteiger partial charge on any atom is 0.221 e. The highest BCUT2D eigenvalue weighted by molar-refractivity contribution is 14.0. The molecule has 1 aromatic carbocycles. The molecule has 0 unspecified atom stereocenters. The molecule has 0 atom stereocenters. The van der Waals surface area contributed by atoms with Gasteiger partial charge in [0.25, 0.3) is 0 Å². The van der Waals surface area contributed by atoms with Gasteiger partial charge in [0.1, 0.15) is 0 Å². The van der Waals surface area contributed by atoms with Gasteiger partial charge in [-0.2, -0.15) is 0 Å². The fraction of sp³-hybridized carbons (Fsp3) is 0.556. The van der Waals surface area contributed by atoms with Gasteiger partial charge in [-0.3, -0.25) is 9.79 Å². The van der Waals surface area contributed by atoms with Crippen LogP contribution < -0.4 is 16.0 Å². The first kappa shape index (κ1) is 23.6. The molecule has 0 saturated heterocycles. The van der Waals surface area contributed by atoms with Gasteiger partial charge in [0.2, 0.25) is 5.91 Å². The first-order valence-corrected chi connectivity index (χ1v) is 8.40. The number of hydrogen-bond donors (Lipinski definition) is 3. The molecule has 0 saturated carbocycles. The van der Waals surface area contributed by atoms with E-state index >= 15 is 0 Å². The number of halogens is 1. The molecular weight excluding hydrogens is 431 g/mol. The summed E-state index contributed by atoms with van der Waals surface area (Å²) in [6.45, 7) is 8.67. The lowest BCUT2D eigenvalue weighted by Gasteiger charge is -2.13. The van der Waals surface area contributed by atoms with Crippen LogP contribution in [0, 0.1) is 5.92 Å². The van der Waals surface area contributed by atoms with Gasteiger partial charge in [0.15, 0.2) is 5.96 Å². The summed E-state index contributed by atoms with van der Waals surface area (Å²) < 4.78 is 5.57. The van der Waals surface area contributed by atoms with Crippen molar-refractivity contribution in [3.05, 3.63) is 29.8 Å². The Morgan fingerprint density at radius 3 is 2.64 bits per heavy atom. The second-order valence-corrected chi connectivity index (χ2v) is 6.03. The Morgan fingerprint density at radius 1 is 1.24 bits per heavy atom. The number of nitrogens with one attached hydrogen (secondary N) is 3. The molecule has 1 rings (SSSR count). The quantitative estimate of drug-likeness (QED) is 0.228. The van der Waals surface area contributed by atoms with Crippen LogP contribution >= 0.6 is 24.0 Å². The minimum absolute atomic E-state index is 0. The number of ether oxygens (including phenoxy) is 1. The number of anilines is 1. The third-order valence-corrected chi connectivity index (χ3v) is 3.31. The van der Waals surface area contributed by atoms with Gasteiger partial charge in [-0.1, -0.05) is 26.0 Å². The summed E-state index contributed by atoms with van der Waals surface area (Å²) in [5.74, 6) is 1.32. The van der Waals surface area contributed by atoms with E-state index in [1.165, 1.54) is 6.92 Å². The number of benzene rings is 1. The van der Waals surface area contributed by atoms with Gasteiger partial charge >= 0.3 is 0 Å². The minimum Gasteiger partial charge on any atom is -0.380 e. The molecular formula is C18H31IN4O2. The zero-order valence-electron chi connectivity index (χ0n) is 15.6. The molecule has 0 fully saturated rings. The van der Waals surface area contributed by atoms with Crippen molar-refractivity contribution in [3.63, 3.8) is 0 Å². The van der Waals surface area contributed by atoms with Crippen molar-refractivity contribution in [1.29, 1.82) is 0 Å². The predicted octanol–water partition coefficient (Wildman–Crippen LogP) is 2.99. The van der Waals surface area contributed by atoms with Crippen molar-refractivity contribution >= 4 is 41.5 Å². The molecule has 25 heavy (non-hydrogen) atoms. The zero-order valence-corrected chi connectivity index (χ0v) is 17.9. The largest absolute Gasteiger partial charge is 0.380 e. The topological polar surface area (TPSA) is 74.8 Å². The Labute approximate surface area is 168 Å². The average molecular weight is 462 g/mol. The number of nitrogens with zero attached hydrogens (tertiary/aromatic N) is 1. The summed E-state index contributed by atoms with van der Waals surface area (Å²) in [7, 11) is 1.74. The second-order valence-electron chi connectivity index (χ2n) is 6.03. The second kappa shape index (κ2) is 13.9. The van der Waals surface area contributed by atoms with Crippen molar-refractivity contribution in [3.8, 4) is 0 Å². The van der Waals surface area contributed by atoms with Crippen LogP contribution in [0.1, 0.15) is 32.8 Å². The number of carbonyl (C=O) groups is 1. The molecule has 0 bridgehead atoms. The maximum atomic E-state index is 11.1. The number of hydrogen-bond acceptors (Lipinski definition) is 3. The van der Waals surface area contributed by atoms with Crippen LogP contribution in [0.15, 0.2) is 29.3 Å². The lowest BCUT2D eigenvalue weighted by molar-refractivity contribution is -0.114. The first-order chi connectivity index (χ1) is 11.5. The fourth-order valence-electron chi connectivity index (χ4n) is 2.03. The van der Waals surface area contributed by atoms with Crippen LogP contribution in [0.5, 0.6) is 0 Å².